The maximum Gasteiger partial charge on any atom is 0.189 e. The number of nitrogens with zero attached hydrogens (tertiary/aromatic N) is 1. The van der Waals surface area contributed by atoms with Crippen LogP contribution in [0.25, 0.3) is 0 Å². The molecule has 0 saturated carbocycles. The van der Waals surface area contributed by atoms with Crippen molar-refractivity contribution in [1.82, 2.24) is 5.32 Å². The number of aryl methyl sites for hydroxylation is 1. The van der Waals surface area contributed by atoms with Crippen LogP contribution in [0, 0.1) is 0 Å². The van der Waals surface area contributed by atoms with E-state index in [1.54, 1.807) is 0 Å². The highest BCUT2D eigenvalue weighted by Crippen LogP contribution is 2.22. The van der Waals surface area contributed by atoms with Crippen LogP contribution in [0.4, 0.5) is 0 Å². The molecule has 1 aromatic carbocycles. The average molecular weight is 203 g/mol. The Labute approximate surface area is 90.4 Å². The lowest BCUT2D eigenvalue weighted by molar-refractivity contribution is 0.600. The maximum atomic E-state index is 5.66. The van der Waals surface area contributed by atoms with Crippen molar-refractivity contribution >= 4 is 5.96 Å². The molecular weight excluding hydrogens is 186 g/mol. The van der Waals surface area contributed by atoms with Crippen LogP contribution in [0.2, 0.25) is 0 Å². The molecule has 2 rings (SSSR count). The summed E-state index contributed by atoms with van der Waals surface area (Å²) in [6, 6.07) is 8.89. The van der Waals surface area contributed by atoms with E-state index in [9.17, 15) is 0 Å². The topological polar surface area (TPSA) is 50.4 Å². The number of aliphatic imine (C=N–C) groups is 1. The Kier molecular flexibility index (Phi) is 2.90. The second-order valence-corrected chi connectivity index (χ2v) is 3.84. The zero-order chi connectivity index (χ0) is 10.7. The van der Waals surface area contributed by atoms with E-state index in [0.29, 0.717) is 5.96 Å². The molecular formula is C12H17N3. The molecule has 1 aromatic rings. The van der Waals surface area contributed by atoms with Crippen LogP contribution >= 0.6 is 0 Å². The number of nitrogens with one attached hydrogen (secondary N) is 1. The summed E-state index contributed by atoms with van der Waals surface area (Å²) in [5.41, 5.74) is 8.28. The molecule has 0 radical (unpaired) electrons. The predicted molar refractivity (Wildman–Crippen MR) is 62.8 cm³/mol. The summed E-state index contributed by atoms with van der Waals surface area (Å²) in [4.78, 5) is 4.39. The van der Waals surface area contributed by atoms with Crippen LogP contribution in [-0.2, 0) is 6.42 Å². The third kappa shape index (κ3) is 2.29. The van der Waals surface area contributed by atoms with Gasteiger partial charge in [-0.2, -0.15) is 0 Å². The maximum absolute atomic E-state index is 5.66. The van der Waals surface area contributed by atoms with E-state index in [1.165, 1.54) is 11.1 Å². The fraction of sp³-hybridized carbons (Fsp3) is 0.417. The lowest BCUT2D eigenvalue weighted by atomic mass is 10.0. The summed E-state index contributed by atoms with van der Waals surface area (Å²) in [6.45, 7) is 3.07. The minimum absolute atomic E-state index is 0.233. The Morgan fingerprint density at radius 2 is 2.13 bits per heavy atom. The molecule has 0 aromatic heterocycles. The van der Waals surface area contributed by atoms with Crippen LogP contribution in [0.1, 0.15) is 30.5 Å². The monoisotopic (exact) mass is 203 g/mol. The van der Waals surface area contributed by atoms with E-state index < -0.39 is 0 Å². The van der Waals surface area contributed by atoms with Crippen molar-refractivity contribution in [2.75, 3.05) is 6.54 Å². The van der Waals surface area contributed by atoms with Crippen LogP contribution in [-0.4, -0.2) is 12.5 Å². The molecule has 15 heavy (non-hydrogen) atoms. The van der Waals surface area contributed by atoms with E-state index in [1.807, 2.05) is 0 Å². The number of rotatable bonds is 2. The Balaban J connectivity index is 2.18. The highest BCUT2D eigenvalue weighted by atomic mass is 15.1. The molecule has 1 aliphatic rings. The Hall–Kier alpha value is -1.51. The average Bonchev–Trinajstić information content (AvgIpc) is 2.29. The fourth-order valence-electron chi connectivity index (χ4n) is 1.83. The van der Waals surface area contributed by atoms with Gasteiger partial charge in [-0.3, -0.25) is 0 Å². The van der Waals surface area contributed by atoms with Gasteiger partial charge in [0.15, 0.2) is 5.96 Å². The third-order valence-corrected chi connectivity index (χ3v) is 2.79. The van der Waals surface area contributed by atoms with Crippen molar-refractivity contribution < 1.29 is 0 Å². The van der Waals surface area contributed by atoms with Crippen molar-refractivity contribution in [3.05, 3.63) is 35.4 Å². The molecule has 0 bridgehead atoms. The number of guanidine groups is 1. The summed E-state index contributed by atoms with van der Waals surface area (Å²) in [5, 5.41) is 3.03. The first-order valence-electron chi connectivity index (χ1n) is 5.45. The van der Waals surface area contributed by atoms with Gasteiger partial charge in [-0.1, -0.05) is 31.2 Å². The molecule has 0 fully saturated rings. The first-order chi connectivity index (χ1) is 7.29. The third-order valence-electron chi connectivity index (χ3n) is 2.79. The molecule has 80 valence electrons. The van der Waals surface area contributed by atoms with E-state index in [4.69, 9.17) is 5.73 Å². The fourth-order valence-corrected chi connectivity index (χ4v) is 1.83. The van der Waals surface area contributed by atoms with Gasteiger partial charge in [0.1, 0.15) is 0 Å². The van der Waals surface area contributed by atoms with Crippen molar-refractivity contribution in [2.45, 2.75) is 25.8 Å². The summed E-state index contributed by atoms with van der Waals surface area (Å²) in [6.07, 6.45) is 2.10. The Bertz CT molecular complexity index is 354. The molecule has 0 spiro atoms. The SMILES string of the molecule is CCc1ccc(C2CCNC(N)=N2)cc1. The van der Waals surface area contributed by atoms with Gasteiger partial charge in [0.2, 0.25) is 0 Å². The van der Waals surface area contributed by atoms with E-state index in [0.717, 1.165) is 19.4 Å². The number of hydrogen-bond acceptors (Lipinski definition) is 3. The standard InChI is InChI=1S/C12H17N3/c1-2-9-3-5-10(6-4-9)11-7-8-14-12(13)15-11/h3-6,11H,2,7-8H2,1H3,(H3,13,14,15). The lowest BCUT2D eigenvalue weighted by Crippen LogP contribution is -2.36. The molecule has 1 heterocycles. The molecule has 3 heteroatoms. The van der Waals surface area contributed by atoms with Gasteiger partial charge in [-0.15, -0.1) is 0 Å². The van der Waals surface area contributed by atoms with Gasteiger partial charge >= 0.3 is 0 Å². The second-order valence-electron chi connectivity index (χ2n) is 3.84. The summed E-state index contributed by atoms with van der Waals surface area (Å²) >= 11 is 0. The Morgan fingerprint density at radius 3 is 2.73 bits per heavy atom. The quantitative estimate of drug-likeness (QED) is 0.767. The van der Waals surface area contributed by atoms with Gasteiger partial charge in [-0.25, -0.2) is 4.99 Å². The predicted octanol–water partition coefficient (Wildman–Crippen LogP) is 1.60. The highest BCUT2D eigenvalue weighted by Gasteiger charge is 2.14. The molecule has 0 amide bonds. The molecule has 1 aliphatic heterocycles. The van der Waals surface area contributed by atoms with Gasteiger partial charge in [0.25, 0.3) is 0 Å². The molecule has 0 saturated heterocycles. The second kappa shape index (κ2) is 4.34. The molecule has 1 atom stereocenters. The number of hydrogen-bond donors (Lipinski definition) is 2. The molecule has 3 N–H and O–H groups in total. The first kappa shape index (κ1) is 10.0. The van der Waals surface area contributed by atoms with Crippen molar-refractivity contribution in [3.8, 4) is 0 Å². The van der Waals surface area contributed by atoms with Gasteiger partial charge in [-0.05, 0) is 24.0 Å². The molecule has 0 aliphatic carbocycles. The number of benzene rings is 1. The normalized spacial score (nSPS) is 20.6. The van der Waals surface area contributed by atoms with E-state index in [-0.39, 0.29) is 6.04 Å². The van der Waals surface area contributed by atoms with Crippen molar-refractivity contribution in [2.24, 2.45) is 10.7 Å². The van der Waals surface area contributed by atoms with Crippen LogP contribution in [0.5, 0.6) is 0 Å². The number of nitrogens with two attached hydrogens (primary N) is 1. The summed E-state index contributed by atoms with van der Waals surface area (Å²) in [7, 11) is 0. The van der Waals surface area contributed by atoms with E-state index in [2.05, 4.69) is 41.5 Å². The van der Waals surface area contributed by atoms with Crippen LogP contribution in [0.15, 0.2) is 29.3 Å². The zero-order valence-electron chi connectivity index (χ0n) is 9.03. The van der Waals surface area contributed by atoms with Crippen LogP contribution < -0.4 is 11.1 Å². The first-order valence-corrected chi connectivity index (χ1v) is 5.45. The van der Waals surface area contributed by atoms with Gasteiger partial charge < -0.3 is 11.1 Å². The minimum Gasteiger partial charge on any atom is -0.370 e. The summed E-state index contributed by atoms with van der Waals surface area (Å²) in [5.74, 6) is 0.561. The minimum atomic E-state index is 0.233. The Morgan fingerprint density at radius 1 is 1.40 bits per heavy atom. The van der Waals surface area contributed by atoms with Crippen molar-refractivity contribution in [1.29, 1.82) is 0 Å². The zero-order valence-corrected chi connectivity index (χ0v) is 9.03. The largest absolute Gasteiger partial charge is 0.370 e. The van der Waals surface area contributed by atoms with Crippen LogP contribution in [0.3, 0.4) is 0 Å². The highest BCUT2D eigenvalue weighted by molar-refractivity contribution is 5.78. The molecule has 3 nitrogen and oxygen atoms in total. The molecule has 1 unspecified atom stereocenters. The summed E-state index contributed by atoms with van der Waals surface area (Å²) < 4.78 is 0. The smallest absolute Gasteiger partial charge is 0.189 e. The van der Waals surface area contributed by atoms with Gasteiger partial charge in [0, 0.05) is 6.54 Å². The van der Waals surface area contributed by atoms with Gasteiger partial charge in [0.05, 0.1) is 6.04 Å². The lowest BCUT2D eigenvalue weighted by Gasteiger charge is -2.20. The van der Waals surface area contributed by atoms with Crippen molar-refractivity contribution in [3.63, 3.8) is 0 Å². The van der Waals surface area contributed by atoms with E-state index >= 15 is 0 Å².